The van der Waals surface area contributed by atoms with E-state index >= 15 is 0 Å². The number of nitrogens with one attached hydrogen (secondary N) is 2. The molecule has 19 heavy (non-hydrogen) atoms. The Labute approximate surface area is 115 Å². The molecule has 1 amide bonds. The molecule has 104 valence electrons. The van der Waals surface area contributed by atoms with Crippen LogP contribution in [0.4, 0.5) is 11.4 Å². The zero-order valence-corrected chi connectivity index (χ0v) is 12.3. The second-order valence-electron chi connectivity index (χ2n) is 6.24. The maximum Gasteiger partial charge on any atom is 0.226 e. The van der Waals surface area contributed by atoms with Gasteiger partial charge in [-0.3, -0.25) is 4.79 Å². The minimum Gasteiger partial charge on any atom is -0.382 e. The van der Waals surface area contributed by atoms with Crippen LogP contribution in [0.2, 0.25) is 0 Å². The molecule has 1 aliphatic rings. The molecule has 0 heterocycles. The Kier molecular flexibility index (Phi) is 3.83. The van der Waals surface area contributed by atoms with Gasteiger partial charge in [-0.1, -0.05) is 20.8 Å². The quantitative estimate of drug-likeness (QED) is 0.843. The largest absolute Gasteiger partial charge is 0.382 e. The smallest absolute Gasteiger partial charge is 0.226 e. The summed E-state index contributed by atoms with van der Waals surface area (Å²) in [4.78, 5) is 11.6. The van der Waals surface area contributed by atoms with Crippen molar-refractivity contribution in [3.05, 3.63) is 24.3 Å². The van der Waals surface area contributed by atoms with Crippen LogP contribution in [-0.2, 0) is 4.79 Å². The van der Waals surface area contributed by atoms with E-state index in [1.807, 2.05) is 38.1 Å². The second-order valence-corrected chi connectivity index (χ2v) is 6.24. The number of carbonyl (C=O) groups is 1. The number of hydrogen-bond donors (Lipinski definition) is 2. The average molecular weight is 260 g/mol. The first kappa shape index (κ1) is 13.9. The van der Waals surface area contributed by atoms with Crippen LogP contribution >= 0.6 is 0 Å². The van der Waals surface area contributed by atoms with Gasteiger partial charge >= 0.3 is 0 Å². The Morgan fingerprint density at radius 1 is 1.11 bits per heavy atom. The molecule has 0 spiro atoms. The first-order chi connectivity index (χ1) is 8.90. The molecule has 2 rings (SSSR count). The van der Waals surface area contributed by atoms with Gasteiger partial charge in [0.05, 0.1) is 0 Å². The Morgan fingerprint density at radius 2 is 1.63 bits per heavy atom. The highest BCUT2D eigenvalue weighted by Crippen LogP contribution is 2.48. The Hall–Kier alpha value is -1.51. The number of carbonyl (C=O) groups excluding carboxylic acids is 1. The van der Waals surface area contributed by atoms with Crippen molar-refractivity contribution in [3.63, 3.8) is 0 Å². The van der Waals surface area contributed by atoms with Crippen molar-refractivity contribution in [2.75, 3.05) is 10.6 Å². The SMILES string of the molecule is CC(C)C(=O)Nc1ccc(NC(C)C2(C)CC2)cc1. The molecular formula is C16H24N2O. The standard InChI is InChI=1S/C16H24N2O/c1-11(2)15(19)18-14-7-5-13(6-8-14)17-12(3)16(4)9-10-16/h5-8,11-12,17H,9-10H2,1-4H3,(H,18,19). The maximum absolute atomic E-state index is 11.6. The second kappa shape index (κ2) is 5.24. The monoisotopic (exact) mass is 260 g/mol. The van der Waals surface area contributed by atoms with E-state index in [9.17, 15) is 4.79 Å². The summed E-state index contributed by atoms with van der Waals surface area (Å²) in [6.45, 7) is 8.34. The molecule has 1 saturated carbocycles. The van der Waals surface area contributed by atoms with Crippen LogP contribution in [0, 0.1) is 11.3 Å². The highest BCUT2D eigenvalue weighted by atomic mass is 16.1. The van der Waals surface area contributed by atoms with Crippen LogP contribution in [0.3, 0.4) is 0 Å². The Balaban J connectivity index is 1.93. The molecule has 0 saturated heterocycles. The fourth-order valence-electron chi connectivity index (χ4n) is 1.99. The van der Waals surface area contributed by atoms with Gasteiger partial charge in [0, 0.05) is 23.3 Å². The summed E-state index contributed by atoms with van der Waals surface area (Å²) in [5, 5.41) is 6.43. The van der Waals surface area contributed by atoms with E-state index in [1.165, 1.54) is 12.8 Å². The first-order valence-electron chi connectivity index (χ1n) is 7.08. The maximum atomic E-state index is 11.6. The molecule has 1 aromatic carbocycles. The normalized spacial score (nSPS) is 17.9. The zero-order chi connectivity index (χ0) is 14.0. The van der Waals surface area contributed by atoms with Crippen LogP contribution < -0.4 is 10.6 Å². The van der Waals surface area contributed by atoms with Crippen molar-refractivity contribution in [1.29, 1.82) is 0 Å². The summed E-state index contributed by atoms with van der Waals surface area (Å²) >= 11 is 0. The summed E-state index contributed by atoms with van der Waals surface area (Å²) in [6, 6.07) is 8.44. The van der Waals surface area contributed by atoms with Crippen LogP contribution in [-0.4, -0.2) is 11.9 Å². The topological polar surface area (TPSA) is 41.1 Å². The molecule has 1 atom stereocenters. The van der Waals surface area contributed by atoms with E-state index in [2.05, 4.69) is 24.5 Å². The fraction of sp³-hybridized carbons (Fsp3) is 0.562. The summed E-state index contributed by atoms with van der Waals surface area (Å²) < 4.78 is 0. The van der Waals surface area contributed by atoms with E-state index in [4.69, 9.17) is 0 Å². The minimum absolute atomic E-state index is 0.00707. The molecule has 1 aromatic rings. The molecule has 3 heteroatoms. The molecular weight excluding hydrogens is 236 g/mol. The third-order valence-corrected chi connectivity index (χ3v) is 4.14. The summed E-state index contributed by atoms with van der Waals surface area (Å²) in [7, 11) is 0. The minimum atomic E-state index is 0.00707. The van der Waals surface area contributed by atoms with Gasteiger partial charge in [0.1, 0.15) is 0 Å². The molecule has 0 bridgehead atoms. The Bertz CT molecular complexity index is 446. The van der Waals surface area contributed by atoms with Gasteiger partial charge in [-0.25, -0.2) is 0 Å². The van der Waals surface area contributed by atoms with Gasteiger partial charge in [0.25, 0.3) is 0 Å². The lowest BCUT2D eigenvalue weighted by atomic mass is 10.0. The van der Waals surface area contributed by atoms with E-state index in [1.54, 1.807) is 0 Å². The molecule has 1 fully saturated rings. The molecule has 1 aliphatic carbocycles. The fourth-order valence-corrected chi connectivity index (χ4v) is 1.99. The van der Waals surface area contributed by atoms with Crippen LogP contribution in [0.15, 0.2) is 24.3 Å². The predicted molar refractivity (Wildman–Crippen MR) is 80.3 cm³/mol. The van der Waals surface area contributed by atoms with E-state index in [0.29, 0.717) is 11.5 Å². The van der Waals surface area contributed by atoms with Gasteiger partial charge in [-0.05, 0) is 49.4 Å². The van der Waals surface area contributed by atoms with E-state index in [-0.39, 0.29) is 11.8 Å². The Morgan fingerprint density at radius 3 is 2.11 bits per heavy atom. The molecule has 1 unspecified atom stereocenters. The number of anilines is 2. The van der Waals surface area contributed by atoms with Crippen molar-refractivity contribution in [1.82, 2.24) is 0 Å². The third kappa shape index (κ3) is 3.49. The van der Waals surface area contributed by atoms with Gasteiger partial charge in [0.15, 0.2) is 0 Å². The van der Waals surface area contributed by atoms with Crippen LogP contribution in [0.25, 0.3) is 0 Å². The van der Waals surface area contributed by atoms with Gasteiger partial charge < -0.3 is 10.6 Å². The molecule has 0 aliphatic heterocycles. The lowest BCUT2D eigenvalue weighted by Crippen LogP contribution is -2.24. The van der Waals surface area contributed by atoms with Crippen LogP contribution in [0.5, 0.6) is 0 Å². The number of hydrogen-bond acceptors (Lipinski definition) is 2. The van der Waals surface area contributed by atoms with E-state index < -0.39 is 0 Å². The van der Waals surface area contributed by atoms with Crippen LogP contribution in [0.1, 0.15) is 40.5 Å². The van der Waals surface area contributed by atoms with Crippen molar-refractivity contribution in [3.8, 4) is 0 Å². The van der Waals surface area contributed by atoms with Gasteiger partial charge in [0.2, 0.25) is 5.91 Å². The predicted octanol–water partition coefficient (Wildman–Crippen LogP) is 3.88. The molecule has 0 radical (unpaired) electrons. The van der Waals surface area contributed by atoms with Gasteiger partial charge in [-0.15, -0.1) is 0 Å². The van der Waals surface area contributed by atoms with Crippen molar-refractivity contribution < 1.29 is 4.79 Å². The lowest BCUT2D eigenvalue weighted by Gasteiger charge is -2.21. The van der Waals surface area contributed by atoms with E-state index in [0.717, 1.165) is 11.4 Å². The van der Waals surface area contributed by atoms with Crippen molar-refractivity contribution in [2.45, 2.75) is 46.6 Å². The average Bonchev–Trinajstić information content (AvgIpc) is 3.11. The first-order valence-corrected chi connectivity index (χ1v) is 7.08. The highest BCUT2D eigenvalue weighted by molar-refractivity contribution is 5.92. The number of amides is 1. The highest BCUT2D eigenvalue weighted by Gasteiger charge is 2.42. The summed E-state index contributed by atoms with van der Waals surface area (Å²) in [6.07, 6.45) is 2.62. The number of rotatable bonds is 5. The zero-order valence-electron chi connectivity index (χ0n) is 12.3. The van der Waals surface area contributed by atoms with Gasteiger partial charge in [-0.2, -0.15) is 0 Å². The molecule has 3 nitrogen and oxygen atoms in total. The third-order valence-electron chi connectivity index (χ3n) is 4.14. The molecule has 2 N–H and O–H groups in total. The lowest BCUT2D eigenvalue weighted by molar-refractivity contribution is -0.118. The van der Waals surface area contributed by atoms with Crippen molar-refractivity contribution >= 4 is 17.3 Å². The van der Waals surface area contributed by atoms with Crippen molar-refractivity contribution in [2.24, 2.45) is 11.3 Å². The molecule has 0 aromatic heterocycles. The summed E-state index contributed by atoms with van der Waals surface area (Å²) in [5.41, 5.74) is 2.43. The summed E-state index contributed by atoms with van der Waals surface area (Å²) in [5.74, 6) is 0.0622. The number of benzene rings is 1.